The number of aryl methyl sites for hydroxylation is 1. The lowest BCUT2D eigenvalue weighted by Gasteiger charge is -2.45. The number of aromatic nitrogens is 3. The third-order valence-corrected chi connectivity index (χ3v) is 3.89. The fraction of sp³-hybridized carbons (Fsp3) is 0.400. The SMILES string of the molecule is Cc1cncnc1N1CC(N(C)Cc2ncccc2F)C1. The standard InChI is InChI=1S/C15H18FN5/c1-11-6-17-10-19-15(11)21-7-12(8-21)20(2)9-14-13(16)4-3-5-18-14/h3-6,10,12H,7-9H2,1-2H3. The summed E-state index contributed by atoms with van der Waals surface area (Å²) < 4.78 is 13.6. The highest BCUT2D eigenvalue weighted by Gasteiger charge is 2.31. The fourth-order valence-electron chi connectivity index (χ4n) is 2.53. The maximum absolute atomic E-state index is 13.6. The molecule has 0 bridgehead atoms. The van der Waals surface area contributed by atoms with Gasteiger partial charge in [-0.2, -0.15) is 0 Å². The first-order valence-corrected chi connectivity index (χ1v) is 6.96. The summed E-state index contributed by atoms with van der Waals surface area (Å²) in [6, 6.07) is 3.45. The van der Waals surface area contributed by atoms with E-state index in [4.69, 9.17) is 0 Å². The second kappa shape index (κ2) is 5.73. The van der Waals surface area contributed by atoms with E-state index < -0.39 is 0 Å². The van der Waals surface area contributed by atoms with E-state index in [-0.39, 0.29) is 5.82 Å². The normalized spacial score (nSPS) is 15.3. The van der Waals surface area contributed by atoms with Crippen LogP contribution in [-0.2, 0) is 6.54 Å². The highest BCUT2D eigenvalue weighted by molar-refractivity contribution is 5.47. The molecule has 1 aliphatic rings. The molecule has 0 amide bonds. The molecule has 0 aliphatic carbocycles. The highest BCUT2D eigenvalue weighted by atomic mass is 19.1. The molecule has 1 aliphatic heterocycles. The van der Waals surface area contributed by atoms with E-state index in [2.05, 4.69) is 24.8 Å². The van der Waals surface area contributed by atoms with Crippen LogP contribution in [0.5, 0.6) is 0 Å². The van der Waals surface area contributed by atoms with Crippen LogP contribution in [0.4, 0.5) is 10.2 Å². The third-order valence-electron chi connectivity index (χ3n) is 3.89. The molecule has 0 aromatic carbocycles. The number of likely N-dealkylation sites (N-methyl/N-ethyl adjacent to an activating group) is 1. The van der Waals surface area contributed by atoms with Crippen LogP contribution >= 0.6 is 0 Å². The molecule has 2 aromatic heterocycles. The van der Waals surface area contributed by atoms with Gasteiger partial charge in [0.25, 0.3) is 0 Å². The first-order chi connectivity index (χ1) is 10.1. The van der Waals surface area contributed by atoms with Crippen molar-refractivity contribution in [2.75, 3.05) is 25.0 Å². The average molecular weight is 287 g/mol. The van der Waals surface area contributed by atoms with Crippen molar-refractivity contribution >= 4 is 5.82 Å². The number of hydrogen-bond donors (Lipinski definition) is 0. The van der Waals surface area contributed by atoms with Gasteiger partial charge in [0.15, 0.2) is 0 Å². The Bertz CT molecular complexity index is 627. The van der Waals surface area contributed by atoms with Crippen LogP contribution in [0.15, 0.2) is 30.9 Å². The van der Waals surface area contributed by atoms with Gasteiger partial charge < -0.3 is 4.90 Å². The van der Waals surface area contributed by atoms with Crippen molar-refractivity contribution in [2.45, 2.75) is 19.5 Å². The topological polar surface area (TPSA) is 45.2 Å². The Morgan fingerprint density at radius 1 is 1.38 bits per heavy atom. The van der Waals surface area contributed by atoms with Crippen molar-refractivity contribution in [3.8, 4) is 0 Å². The van der Waals surface area contributed by atoms with Crippen LogP contribution in [0.3, 0.4) is 0 Å². The van der Waals surface area contributed by atoms with Crippen LogP contribution in [0.1, 0.15) is 11.3 Å². The summed E-state index contributed by atoms with van der Waals surface area (Å²) >= 11 is 0. The van der Waals surface area contributed by atoms with E-state index in [1.54, 1.807) is 18.6 Å². The summed E-state index contributed by atoms with van der Waals surface area (Å²) in [5.41, 5.74) is 1.58. The summed E-state index contributed by atoms with van der Waals surface area (Å²) in [6.45, 7) is 4.31. The molecule has 0 saturated carbocycles. The van der Waals surface area contributed by atoms with E-state index >= 15 is 0 Å². The number of anilines is 1. The largest absolute Gasteiger partial charge is 0.353 e. The Labute approximate surface area is 123 Å². The lowest BCUT2D eigenvalue weighted by atomic mass is 10.1. The number of nitrogens with zero attached hydrogens (tertiary/aromatic N) is 5. The highest BCUT2D eigenvalue weighted by Crippen LogP contribution is 2.24. The zero-order chi connectivity index (χ0) is 14.8. The zero-order valence-electron chi connectivity index (χ0n) is 12.2. The van der Waals surface area contributed by atoms with E-state index in [0.29, 0.717) is 18.3 Å². The maximum atomic E-state index is 13.6. The Kier molecular flexibility index (Phi) is 3.79. The van der Waals surface area contributed by atoms with E-state index in [0.717, 1.165) is 24.5 Å². The molecule has 6 heteroatoms. The monoisotopic (exact) mass is 287 g/mol. The molecule has 5 nitrogen and oxygen atoms in total. The van der Waals surface area contributed by atoms with Gasteiger partial charge in [-0.1, -0.05) is 0 Å². The summed E-state index contributed by atoms with van der Waals surface area (Å²) in [5, 5.41) is 0. The van der Waals surface area contributed by atoms with E-state index in [1.807, 2.05) is 20.2 Å². The maximum Gasteiger partial charge on any atom is 0.146 e. The number of pyridine rings is 1. The van der Waals surface area contributed by atoms with Crippen LogP contribution in [-0.4, -0.2) is 46.0 Å². The molecule has 1 fully saturated rings. The van der Waals surface area contributed by atoms with Crippen LogP contribution in [0, 0.1) is 12.7 Å². The van der Waals surface area contributed by atoms with E-state index in [1.165, 1.54) is 6.07 Å². The van der Waals surface area contributed by atoms with Crippen molar-refractivity contribution in [2.24, 2.45) is 0 Å². The predicted molar refractivity (Wildman–Crippen MR) is 78.4 cm³/mol. The quantitative estimate of drug-likeness (QED) is 0.855. The van der Waals surface area contributed by atoms with Gasteiger partial charge in [0.1, 0.15) is 18.0 Å². The lowest BCUT2D eigenvalue weighted by molar-refractivity contribution is 0.192. The van der Waals surface area contributed by atoms with Crippen molar-refractivity contribution in [3.05, 3.63) is 47.9 Å². The molecule has 1 saturated heterocycles. The van der Waals surface area contributed by atoms with Crippen molar-refractivity contribution in [1.29, 1.82) is 0 Å². The average Bonchev–Trinajstić information content (AvgIpc) is 2.42. The smallest absolute Gasteiger partial charge is 0.146 e. The molecular weight excluding hydrogens is 269 g/mol. The predicted octanol–water partition coefficient (Wildman–Crippen LogP) is 1.64. The molecule has 0 atom stereocenters. The fourth-order valence-corrected chi connectivity index (χ4v) is 2.53. The minimum absolute atomic E-state index is 0.243. The number of hydrogen-bond acceptors (Lipinski definition) is 5. The summed E-state index contributed by atoms with van der Waals surface area (Å²) in [4.78, 5) is 16.8. The first-order valence-electron chi connectivity index (χ1n) is 6.96. The molecule has 21 heavy (non-hydrogen) atoms. The Morgan fingerprint density at radius 3 is 2.90 bits per heavy atom. The van der Waals surface area contributed by atoms with Crippen LogP contribution < -0.4 is 4.90 Å². The molecule has 0 spiro atoms. The number of halogens is 1. The van der Waals surface area contributed by atoms with Gasteiger partial charge in [-0.25, -0.2) is 14.4 Å². The molecule has 0 unspecified atom stereocenters. The van der Waals surface area contributed by atoms with Gasteiger partial charge in [0, 0.05) is 43.6 Å². The number of rotatable bonds is 4. The minimum Gasteiger partial charge on any atom is -0.353 e. The van der Waals surface area contributed by atoms with E-state index in [9.17, 15) is 4.39 Å². The van der Waals surface area contributed by atoms with Crippen molar-refractivity contribution < 1.29 is 4.39 Å². The molecular formula is C15H18FN5. The van der Waals surface area contributed by atoms with Crippen molar-refractivity contribution in [3.63, 3.8) is 0 Å². The zero-order valence-corrected chi connectivity index (χ0v) is 12.2. The summed E-state index contributed by atoms with van der Waals surface area (Å²) in [6.07, 6.45) is 5.02. The molecule has 0 radical (unpaired) electrons. The molecule has 3 heterocycles. The Morgan fingerprint density at radius 2 is 2.19 bits per heavy atom. The van der Waals surface area contributed by atoms with Gasteiger partial charge in [-0.15, -0.1) is 0 Å². The van der Waals surface area contributed by atoms with Gasteiger partial charge >= 0.3 is 0 Å². The lowest BCUT2D eigenvalue weighted by Crippen LogP contribution is -2.58. The first kappa shape index (κ1) is 13.9. The Hall–Kier alpha value is -2.08. The molecule has 3 rings (SSSR count). The summed E-state index contributed by atoms with van der Waals surface area (Å²) in [7, 11) is 2.00. The van der Waals surface area contributed by atoms with Crippen LogP contribution in [0.25, 0.3) is 0 Å². The molecule has 2 aromatic rings. The molecule has 0 N–H and O–H groups in total. The van der Waals surface area contributed by atoms with Crippen LogP contribution in [0.2, 0.25) is 0 Å². The second-order valence-electron chi connectivity index (χ2n) is 5.44. The third kappa shape index (κ3) is 2.85. The second-order valence-corrected chi connectivity index (χ2v) is 5.44. The Balaban J connectivity index is 1.59. The van der Waals surface area contributed by atoms with Gasteiger partial charge in [-0.3, -0.25) is 9.88 Å². The van der Waals surface area contributed by atoms with Gasteiger partial charge in [0.2, 0.25) is 0 Å². The minimum atomic E-state index is -0.243. The van der Waals surface area contributed by atoms with Gasteiger partial charge in [-0.05, 0) is 26.1 Å². The summed E-state index contributed by atoms with van der Waals surface area (Å²) in [5.74, 6) is 0.742. The van der Waals surface area contributed by atoms with Gasteiger partial charge in [0.05, 0.1) is 5.69 Å². The molecule has 110 valence electrons. The van der Waals surface area contributed by atoms with Crippen molar-refractivity contribution in [1.82, 2.24) is 19.9 Å².